The van der Waals surface area contributed by atoms with Crippen molar-refractivity contribution in [1.82, 2.24) is 5.32 Å². The minimum Gasteiger partial charge on any atom is -0.482 e. The van der Waals surface area contributed by atoms with E-state index >= 15 is 0 Å². The SMILES string of the molecule is C[C@H](OC(=O)COc1ccc(Nc2ccccc2)cc1)C(=O)N[C@@H]1CCCC[C@H]1C. The summed E-state index contributed by atoms with van der Waals surface area (Å²) >= 11 is 0. The lowest BCUT2D eigenvalue weighted by Gasteiger charge is -2.30. The van der Waals surface area contributed by atoms with Gasteiger partial charge < -0.3 is 20.1 Å². The summed E-state index contributed by atoms with van der Waals surface area (Å²) < 4.78 is 10.7. The van der Waals surface area contributed by atoms with Crippen molar-refractivity contribution in [2.24, 2.45) is 5.92 Å². The van der Waals surface area contributed by atoms with E-state index in [-0.39, 0.29) is 18.6 Å². The lowest BCUT2D eigenvalue weighted by Crippen LogP contribution is -2.46. The van der Waals surface area contributed by atoms with Crippen LogP contribution < -0.4 is 15.4 Å². The first kappa shape index (κ1) is 21.7. The monoisotopic (exact) mass is 410 g/mol. The first-order valence-electron chi connectivity index (χ1n) is 10.6. The Morgan fingerprint density at radius 2 is 1.67 bits per heavy atom. The van der Waals surface area contributed by atoms with Gasteiger partial charge in [0.15, 0.2) is 12.7 Å². The molecule has 0 bridgehead atoms. The van der Waals surface area contributed by atoms with E-state index in [4.69, 9.17) is 9.47 Å². The topological polar surface area (TPSA) is 76.7 Å². The Bertz CT molecular complexity index is 823. The van der Waals surface area contributed by atoms with Crippen LogP contribution in [0.5, 0.6) is 5.75 Å². The minimum atomic E-state index is -0.840. The first-order valence-corrected chi connectivity index (χ1v) is 10.6. The fraction of sp³-hybridized carbons (Fsp3) is 0.417. The van der Waals surface area contributed by atoms with Gasteiger partial charge in [-0.3, -0.25) is 4.79 Å². The molecule has 1 saturated carbocycles. The molecule has 0 aliphatic heterocycles. The average molecular weight is 411 g/mol. The lowest BCUT2D eigenvalue weighted by atomic mass is 9.86. The van der Waals surface area contributed by atoms with Gasteiger partial charge in [-0.2, -0.15) is 0 Å². The van der Waals surface area contributed by atoms with Crippen LogP contribution in [0.1, 0.15) is 39.5 Å². The zero-order valence-electron chi connectivity index (χ0n) is 17.6. The molecular formula is C24H30N2O4. The third-order valence-electron chi connectivity index (χ3n) is 5.39. The Labute approximate surface area is 178 Å². The Kier molecular flexibility index (Phi) is 7.71. The molecule has 0 saturated heterocycles. The summed E-state index contributed by atoms with van der Waals surface area (Å²) in [6.45, 7) is 3.49. The van der Waals surface area contributed by atoms with Gasteiger partial charge in [0.2, 0.25) is 0 Å². The molecule has 2 aromatic carbocycles. The van der Waals surface area contributed by atoms with Crippen molar-refractivity contribution in [1.29, 1.82) is 0 Å². The number of hydrogen-bond donors (Lipinski definition) is 2. The Morgan fingerprint density at radius 1 is 1.00 bits per heavy atom. The fourth-order valence-corrected chi connectivity index (χ4v) is 3.58. The number of ether oxygens (including phenoxy) is 2. The van der Waals surface area contributed by atoms with Crippen LogP contribution in [0, 0.1) is 5.92 Å². The number of esters is 1. The summed E-state index contributed by atoms with van der Waals surface area (Å²) in [7, 11) is 0. The van der Waals surface area contributed by atoms with Gasteiger partial charge in [-0.15, -0.1) is 0 Å². The van der Waals surface area contributed by atoms with Gasteiger partial charge in [-0.25, -0.2) is 4.79 Å². The van der Waals surface area contributed by atoms with Crippen molar-refractivity contribution in [3.63, 3.8) is 0 Å². The summed E-state index contributed by atoms with van der Waals surface area (Å²) in [5.74, 6) is 0.186. The molecule has 30 heavy (non-hydrogen) atoms. The fourth-order valence-electron chi connectivity index (χ4n) is 3.58. The first-order chi connectivity index (χ1) is 14.5. The molecule has 1 amide bonds. The van der Waals surface area contributed by atoms with E-state index in [1.807, 2.05) is 42.5 Å². The highest BCUT2D eigenvalue weighted by Gasteiger charge is 2.26. The number of nitrogens with one attached hydrogen (secondary N) is 2. The molecule has 6 nitrogen and oxygen atoms in total. The third-order valence-corrected chi connectivity index (χ3v) is 5.39. The largest absolute Gasteiger partial charge is 0.482 e. The number of amides is 1. The van der Waals surface area contributed by atoms with Crippen molar-refractivity contribution in [2.45, 2.75) is 51.7 Å². The molecule has 0 heterocycles. The molecule has 1 aliphatic rings. The van der Waals surface area contributed by atoms with Gasteiger partial charge in [-0.1, -0.05) is 38.0 Å². The predicted octanol–water partition coefficient (Wildman–Crippen LogP) is 4.44. The van der Waals surface area contributed by atoms with Crippen LogP contribution in [0.4, 0.5) is 11.4 Å². The number of hydrogen-bond acceptors (Lipinski definition) is 5. The summed E-state index contributed by atoms with van der Waals surface area (Å²) in [5, 5.41) is 6.29. The van der Waals surface area contributed by atoms with Gasteiger partial charge >= 0.3 is 5.97 Å². The van der Waals surface area contributed by atoms with Crippen molar-refractivity contribution < 1.29 is 19.1 Å². The van der Waals surface area contributed by atoms with E-state index in [1.54, 1.807) is 19.1 Å². The summed E-state index contributed by atoms with van der Waals surface area (Å²) in [6, 6.07) is 17.3. The molecule has 160 valence electrons. The van der Waals surface area contributed by atoms with Crippen molar-refractivity contribution in [3.05, 3.63) is 54.6 Å². The van der Waals surface area contributed by atoms with Crippen LogP contribution in [0.15, 0.2) is 54.6 Å². The maximum absolute atomic E-state index is 12.3. The Hall–Kier alpha value is -3.02. The predicted molar refractivity (Wildman–Crippen MR) is 117 cm³/mol. The molecule has 1 aliphatic carbocycles. The molecule has 2 N–H and O–H groups in total. The number of para-hydroxylation sites is 1. The maximum atomic E-state index is 12.3. The second kappa shape index (κ2) is 10.7. The Balaban J connectivity index is 1.40. The molecule has 3 atom stereocenters. The molecular weight excluding hydrogens is 380 g/mol. The molecule has 0 radical (unpaired) electrons. The van der Waals surface area contributed by atoms with E-state index in [0.29, 0.717) is 11.7 Å². The number of carbonyl (C=O) groups is 2. The van der Waals surface area contributed by atoms with Gasteiger partial charge in [0.05, 0.1) is 0 Å². The quantitative estimate of drug-likeness (QED) is 0.630. The highest BCUT2D eigenvalue weighted by molar-refractivity contribution is 5.84. The number of anilines is 2. The van der Waals surface area contributed by atoms with Crippen molar-refractivity contribution >= 4 is 23.3 Å². The van der Waals surface area contributed by atoms with Crippen LogP contribution in [0.3, 0.4) is 0 Å². The zero-order valence-corrected chi connectivity index (χ0v) is 17.6. The normalized spacial score (nSPS) is 19.4. The van der Waals surface area contributed by atoms with E-state index in [2.05, 4.69) is 17.6 Å². The van der Waals surface area contributed by atoms with Crippen LogP contribution in [0.25, 0.3) is 0 Å². The smallest absolute Gasteiger partial charge is 0.344 e. The molecule has 0 aromatic heterocycles. The number of carbonyl (C=O) groups excluding carboxylic acids is 2. The third kappa shape index (κ3) is 6.51. The van der Waals surface area contributed by atoms with Gasteiger partial charge in [0, 0.05) is 17.4 Å². The molecule has 6 heteroatoms. The van der Waals surface area contributed by atoms with Crippen LogP contribution >= 0.6 is 0 Å². The molecule has 2 aromatic rings. The van der Waals surface area contributed by atoms with Crippen LogP contribution in [-0.4, -0.2) is 30.6 Å². The lowest BCUT2D eigenvalue weighted by molar-refractivity contribution is -0.157. The van der Waals surface area contributed by atoms with Gasteiger partial charge in [0.25, 0.3) is 5.91 Å². The summed E-state index contributed by atoms with van der Waals surface area (Å²) in [4.78, 5) is 24.4. The van der Waals surface area contributed by atoms with Crippen LogP contribution in [0.2, 0.25) is 0 Å². The molecule has 0 unspecified atom stereocenters. The standard InChI is InChI=1S/C24H30N2O4/c1-17-8-6-7-11-22(17)26-24(28)18(2)30-23(27)16-29-21-14-12-20(13-15-21)25-19-9-4-3-5-10-19/h3-5,9-10,12-15,17-18,22,25H,6-8,11,16H2,1-2H3,(H,26,28)/t17-,18+,22-/m1/s1. The van der Waals surface area contributed by atoms with E-state index < -0.39 is 12.1 Å². The maximum Gasteiger partial charge on any atom is 0.344 e. The van der Waals surface area contributed by atoms with E-state index in [1.165, 1.54) is 6.42 Å². The van der Waals surface area contributed by atoms with E-state index in [0.717, 1.165) is 30.6 Å². The molecule has 1 fully saturated rings. The van der Waals surface area contributed by atoms with Crippen LogP contribution in [-0.2, 0) is 14.3 Å². The number of benzene rings is 2. The van der Waals surface area contributed by atoms with Crippen molar-refractivity contribution in [2.75, 3.05) is 11.9 Å². The second-order valence-corrected chi connectivity index (χ2v) is 7.81. The van der Waals surface area contributed by atoms with E-state index in [9.17, 15) is 9.59 Å². The highest BCUT2D eigenvalue weighted by Crippen LogP contribution is 2.24. The van der Waals surface area contributed by atoms with Gasteiger partial charge in [0.1, 0.15) is 5.75 Å². The summed E-state index contributed by atoms with van der Waals surface area (Å²) in [6.07, 6.45) is 3.58. The number of rotatable bonds is 8. The molecule has 0 spiro atoms. The molecule has 3 rings (SSSR count). The second-order valence-electron chi connectivity index (χ2n) is 7.81. The minimum absolute atomic E-state index is 0.159. The zero-order chi connectivity index (χ0) is 21.3. The summed E-state index contributed by atoms with van der Waals surface area (Å²) in [5.41, 5.74) is 1.91. The Morgan fingerprint density at radius 3 is 2.37 bits per heavy atom. The average Bonchev–Trinajstić information content (AvgIpc) is 2.75. The van der Waals surface area contributed by atoms with Gasteiger partial charge in [-0.05, 0) is 62.1 Å². The highest BCUT2D eigenvalue weighted by atomic mass is 16.6. The van der Waals surface area contributed by atoms with Crippen molar-refractivity contribution in [3.8, 4) is 5.75 Å².